The number of amides is 2. The first-order valence-corrected chi connectivity index (χ1v) is 15.3. The highest BCUT2D eigenvalue weighted by Gasteiger charge is 2.41. The zero-order valence-electron chi connectivity index (χ0n) is 24.6. The third kappa shape index (κ3) is 8.20. The number of benzene rings is 2. The number of rotatable bonds is 14. The summed E-state index contributed by atoms with van der Waals surface area (Å²) in [6, 6.07) is 7.75. The van der Waals surface area contributed by atoms with Gasteiger partial charge in [0.15, 0.2) is 23.0 Å². The number of aliphatic hydroxyl groups excluding tert-OH is 3. The minimum absolute atomic E-state index is 0.0129. The summed E-state index contributed by atoms with van der Waals surface area (Å²) in [6.45, 7) is 1.19. The number of methoxy groups -OCH3 is 1. The second kappa shape index (κ2) is 15.5. The summed E-state index contributed by atoms with van der Waals surface area (Å²) in [5.74, 6) is 0.948. The molecule has 0 bridgehead atoms. The molecular formula is C31H37IN2O10. The maximum Gasteiger partial charge on any atom is 0.247 e. The number of fused-ring (bicyclic) bond motifs is 1. The molecule has 2 aromatic carbocycles. The molecule has 3 atom stereocenters. The van der Waals surface area contributed by atoms with E-state index >= 15 is 0 Å². The zero-order valence-corrected chi connectivity index (χ0v) is 26.7. The number of halogens is 1. The molecule has 0 fully saturated rings. The lowest BCUT2D eigenvalue weighted by molar-refractivity contribution is -0.139. The lowest BCUT2D eigenvalue weighted by Crippen LogP contribution is -2.54. The monoisotopic (exact) mass is 724 g/mol. The van der Waals surface area contributed by atoms with Gasteiger partial charge in [-0.1, -0.05) is 6.07 Å². The smallest absolute Gasteiger partial charge is 0.247 e. The Morgan fingerprint density at radius 2 is 1.86 bits per heavy atom. The molecule has 4 rings (SSSR count). The molecule has 238 valence electrons. The number of ketones is 1. The number of carbonyl (C=O) groups excluding carboxylic acids is 3. The molecule has 0 radical (unpaired) electrons. The maximum atomic E-state index is 13.8. The standard InChI is InChI=1S/C31H37IN2O10/c1-18(37)4-3-5-28(38)34(15-19-6-7-24-25(11-19)43-17-42-24)23-13-21(31(40)33-8-9-35)14-26(29(23)39)44-30-22(32)10-20(16-36)12-27(30)41-2/h6-7,10-12,14,23,26,29,35-36,39H,3-5,8-9,13,15-17H2,1-2H3,(H,33,40)/t23-,26+,29+/m1/s1. The Hall–Kier alpha value is -3.40. The Morgan fingerprint density at radius 1 is 1.09 bits per heavy atom. The van der Waals surface area contributed by atoms with Gasteiger partial charge in [-0.25, -0.2) is 0 Å². The largest absolute Gasteiger partial charge is 0.493 e. The number of nitrogens with zero attached hydrogens (tertiary/aromatic N) is 1. The normalized spacial score (nSPS) is 18.8. The molecule has 2 aliphatic rings. The van der Waals surface area contributed by atoms with Crippen LogP contribution in [0.15, 0.2) is 42.0 Å². The predicted octanol–water partition coefficient (Wildman–Crippen LogP) is 2.22. The molecule has 1 heterocycles. The summed E-state index contributed by atoms with van der Waals surface area (Å²) >= 11 is 2.04. The van der Waals surface area contributed by atoms with Gasteiger partial charge in [-0.2, -0.15) is 0 Å². The zero-order chi connectivity index (χ0) is 31.8. The molecule has 13 heteroatoms. The average Bonchev–Trinajstić information content (AvgIpc) is 3.48. The van der Waals surface area contributed by atoms with E-state index in [1.54, 1.807) is 30.3 Å². The second-order valence-corrected chi connectivity index (χ2v) is 11.7. The minimum atomic E-state index is -1.27. The van der Waals surface area contributed by atoms with Crippen molar-refractivity contribution in [3.8, 4) is 23.0 Å². The van der Waals surface area contributed by atoms with Crippen molar-refractivity contribution in [1.82, 2.24) is 10.2 Å². The SMILES string of the molecule is COc1cc(CO)cc(I)c1O[C@H]1C=C(C(=O)NCCO)C[C@@H](N(Cc2ccc3c(c2)OCO3)C(=O)CCCC(C)=O)[C@@H]1O. The topological polar surface area (TPSA) is 164 Å². The number of hydrogen-bond donors (Lipinski definition) is 4. The van der Waals surface area contributed by atoms with E-state index < -0.39 is 24.2 Å². The van der Waals surface area contributed by atoms with E-state index in [0.29, 0.717) is 38.6 Å². The van der Waals surface area contributed by atoms with Gasteiger partial charge in [0.2, 0.25) is 18.6 Å². The van der Waals surface area contributed by atoms with E-state index in [1.807, 2.05) is 22.6 Å². The van der Waals surface area contributed by atoms with Crippen LogP contribution in [0.2, 0.25) is 0 Å². The van der Waals surface area contributed by atoms with Crippen LogP contribution in [-0.2, 0) is 27.5 Å². The Bertz CT molecular complexity index is 1400. The molecule has 1 aliphatic heterocycles. The summed E-state index contributed by atoms with van der Waals surface area (Å²) in [4.78, 5) is 40.0. The summed E-state index contributed by atoms with van der Waals surface area (Å²) in [6.07, 6.45) is -0.187. The van der Waals surface area contributed by atoms with Crippen molar-refractivity contribution in [2.75, 3.05) is 27.1 Å². The van der Waals surface area contributed by atoms with Crippen LogP contribution in [-0.4, -0.2) is 83.1 Å². The van der Waals surface area contributed by atoms with Crippen LogP contribution in [0.1, 0.15) is 43.7 Å². The first kappa shape index (κ1) is 33.5. The molecule has 0 unspecified atom stereocenters. The number of carbonyl (C=O) groups is 3. The molecule has 4 N–H and O–H groups in total. The Balaban J connectivity index is 1.71. The van der Waals surface area contributed by atoms with Gasteiger partial charge < -0.3 is 49.3 Å². The highest BCUT2D eigenvalue weighted by atomic mass is 127. The van der Waals surface area contributed by atoms with Crippen molar-refractivity contribution in [3.05, 3.63) is 56.7 Å². The van der Waals surface area contributed by atoms with Gasteiger partial charge in [-0.15, -0.1) is 0 Å². The summed E-state index contributed by atoms with van der Waals surface area (Å²) in [5, 5.41) is 33.3. The average molecular weight is 725 g/mol. The minimum Gasteiger partial charge on any atom is -0.493 e. The van der Waals surface area contributed by atoms with E-state index in [0.717, 1.165) is 5.56 Å². The van der Waals surface area contributed by atoms with Crippen LogP contribution in [0.25, 0.3) is 0 Å². The van der Waals surface area contributed by atoms with Gasteiger partial charge in [0, 0.05) is 37.9 Å². The Morgan fingerprint density at radius 3 is 2.57 bits per heavy atom. The predicted molar refractivity (Wildman–Crippen MR) is 166 cm³/mol. The lowest BCUT2D eigenvalue weighted by Gasteiger charge is -2.41. The van der Waals surface area contributed by atoms with Crippen LogP contribution in [0.4, 0.5) is 0 Å². The molecule has 0 aromatic heterocycles. The van der Waals surface area contributed by atoms with Crippen molar-refractivity contribution in [3.63, 3.8) is 0 Å². The molecule has 1 aliphatic carbocycles. The number of aliphatic hydroxyl groups is 3. The van der Waals surface area contributed by atoms with Gasteiger partial charge in [0.1, 0.15) is 18.0 Å². The molecule has 0 saturated heterocycles. The van der Waals surface area contributed by atoms with Crippen LogP contribution in [0, 0.1) is 3.57 Å². The van der Waals surface area contributed by atoms with Crippen LogP contribution in [0.5, 0.6) is 23.0 Å². The number of ether oxygens (including phenoxy) is 4. The fourth-order valence-corrected chi connectivity index (χ4v) is 5.95. The quantitative estimate of drug-likeness (QED) is 0.213. The number of Topliss-reactive ketones (excluding diaryl/α,β-unsaturated/α-hetero) is 1. The molecule has 2 aromatic rings. The number of nitrogens with one attached hydrogen (secondary N) is 1. The molecule has 44 heavy (non-hydrogen) atoms. The van der Waals surface area contributed by atoms with Crippen molar-refractivity contribution >= 4 is 40.2 Å². The molecular weight excluding hydrogens is 687 g/mol. The van der Waals surface area contributed by atoms with Gasteiger partial charge in [0.25, 0.3) is 0 Å². The molecule has 2 amide bonds. The van der Waals surface area contributed by atoms with Crippen molar-refractivity contribution < 1.29 is 48.7 Å². The van der Waals surface area contributed by atoms with Crippen molar-refractivity contribution in [2.24, 2.45) is 0 Å². The fraction of sp³-hybridized carbons (Fsp3) is 0.452. The summed E-state index contributed by atoms with van der Waals surface area (Å²) in [5.41, 5.74) is 1.59. The first-order chi connectivity index (χ1) is 21.1. The lowest BCUT2D eigenvalue weighted by atomic mass is 9.87. The summed E-state index contributed by atoms with van der Waals surface area (Å²) in [7, 11) is 1.45. The first-order valence-electron chi connectivity index (χ1n) is 14.2. The number of hydrogen-bond acceptors (Lipinski definition) is 10. The van der Waals surface area contributed by atoms with E-state index in [2.05, 4.69) is 5.32 Å². The van der Waals surface area contributed by atoms with E-state index in [1.165, 1.54) is 25.0 Å². The second-order valence-electron chi connectivity index (χ2n) is 10.5. The van der Waals surface area contributed by atoms with Gasteiger partial charge in [0.05, 0.1) is 29.9 Å². The Kier molecular flexibility index (Phi) is 11.8. The fourth-order valence-electron chi connectivity index (χ4n) is 5.15. The van der Waals surface area contributed by atoms with Crippen LogP contribution < -0.4 is 24.3 Å². The third-order valence-corrected chi connectivity index (χ3v) is 8.17. The molecule has 0 spiro atoms. The molecule has 0 saturated carbocycles. The Labute approximate surface area is 269 Å². The van der Waals surface area contributed by atoms with Gasteiger partial charge in [-0.3, -0.25) is 9.59 Å². The highest BCUT2D eigenvalue weighted by molar-refractivity contribution is 14.1. The summed E-state index contributed by atoms with van der Waals surface area (Å²) < 4.78 is 23.3. The van der Waals surface area contributed by atoms with E-state index in [-0.39, 0.29) is 69.6 Å². The van der Waals surface area contributed by atoms with E-state index in [9.17, 15) is 29.7 Å². The van der Waals surface area contributed by atoms with Crippen molar-refractivity contribution in [2.45, 2.75) is 64.0 Å². The van der Waals surface area contributed by atoms with Crippen LogP contribution >= 0.6 is 22.6 Å². The van der Waals surface area contributed by atoms with E-state index in [4.69, 9.17) is 18.9 Å². The van der Waals surface area contributed by atoms with Crippen molar-refractivity contribution in [1.29, 1.82) is 0 Å². The van der Waals surface area contributed by atoms with Crippen LogP contribution in [0.3, 0.4) is 0 Å². The molecule has 12 nitrogen and oxygen atoms in total. The van der Waals surface area contributed by atoms with Gasteiger partial charge in [-0.05, 0) is 77.4 Å². The third-order valence-electron chi connectivity index (χ3n) is 7.37. The highest BCUT2D eigenvalue weighted by Crippen LogP contribution is 2.38. The maximum absolute atomic E-state index is 13.8. The van der Waals surface area contributed by atoms with Gasteiger partial charge >= 0.3 is 0 Å².